The van der Waals surface area contributed by atoms with E-state index in [0.717, 1.165) is 10.5 Å². The SMILES string of the molecule is COc1ccc(N2C(=O)C3N=NN(CC(=O)Nc4ccc(C)cc4Cl)C3C2=O)cc1OC. The lowest BCUT2D eigenvalue weighted by atomic mass is 10.1. The van der Waals surface area contributed by atoms with Crippen LogP contribution < -0.4 is 19.7 Å². The molecule has 10 nitrogen and oxygen atoms in total. The molecule has 2 aliphatic rings. The van der Waals surface area contributed by atoms with Gasteiger partial charge in [-0.05, 0) is 36.8 Å². The summed E-state index contributed by atoms with van der Waals surface area (Å²) < 4.78 is 10.5. The fraction of sp³-hybridized carbons (Fsp3) is 0.286. The number of anilines is 2. The van der Waals surface area contributed by atoms with Crippen LogP contribution >= 0.6 is 11.6 Å². The Morgan fingerprint density at radius 2 is 1.84 bits per heavy atom. The van der Waals surface area contributed by atoms with Gasteiger partial charge in [-0.25, -0.2) is 4.90 Å². The number of hydrogen-bond acceptors (Lipinski definition) is 8. The summed E-state index contributed by atoms with van der Waals surface area (Å²) >= 11 is 6.16. The highest BCUT2D eigenvalue weighted by atomic mass is 35.5. The summed E-state index contributed by atoms with van der Waals surface area (Å²) in [6, 6.07) is 7.90. The van der Waals surface area contributed by atoms with Crippen molar-refractivity contribution in [1.29, 1.82) is 0 Å². The predicted octanol–water partition coefficient (Wildman–Crippen LogP) is 2.60. The molecule has 0 saturated carbocycles. The molecule has 1 fully saturated rings. The number of aryl methyl sites for hydroxylation is 1. The molecule has 2 unspecified atom stereocenters. The Morgan fingerprint density at radius 1 is 1.09 bits per heavy atom. The summed E-state index contributed by atoms with van der Waals surface area (Å²) in [7, 11) is 2.94. The zero-order valence-electron chi connectivity index (χ0n) is 17.5. The minimum Gasteiger partial charge on any atom is -0.493 e. The monoisotopic (exact) mass is 457 g/mol. The molecule has 2 aromatic carbocycles. The number of imide groups is 1. The van der Waals surface area contributed by atoms with Gasteiger partial charge in [0, 0.05) is 6.07 Å². The third-order valence-corrected chi connectivity index (χ3v) is 5.50. The lowest BCUT2D eigenvalue weighted by molar-refractivity contribution is -0.123. The molecule has 3 amide bonds. The topological polar surface area (TPSA) is 113 Å². The van der Waals surface area contributed by atoms with Crippen LogP contribution in [0.4, 0.5) is 11.4 Å². The average molecular weight is 458 g/mol. The molecular weight excluding hydrogens is 438 g/mol. The molecule has 0 spiro atoms. The van der Waals surface area contributed by atoms with E-state index in [9.17, 15) is 14.4 Å². The van der Waals surface area contributed by atoms with E-state index in [4.69, 9.17) is 21.1 Å². The van der Waals surface area contributed by atoms with Crippen LogP contribution in [0, 0.1) is 6.92 Å². The number of fused-ring (bicyclic) bond motifs is 1. The summed E-state index contributed by atoms with van der Waals surface area (Å²) in [5, 5.41) is 12.1. The molecule has 2 aliphatic heterocycles. The summed E-state index contributed by atoms with van der Waals surface area (Å²) in [5.74, 6) is -0.669. The number of rotatable bonds is 6. The van der Waals surface area contributed by atoms with Gasteiger partial charge in [-0.1, -0.05) is 22.9 Å². The highest BCUT2D eigenvalue weighted by Crippen LogP contribution is 2.36. The quantitative estimate of drug-likeness (QED) is 0.667. The van der Waals surface area contributed by atoms with Crippen molar-refractivity contribution < 1.29 is 23.9 Å². The molecule has 2 atom stereocenters. The fourth-order valence-corrected chi connectivity index (χ4v) is 3.91. The van der Waals surface area contributed by atoms with Crippen LogP contribution in [0.15, 0.2) is 46.7 Å². The van der Waals surface area contributed by atoms with E-state index in [2.05, 4.69) is 15.7 Å². The number of ether oxygens (including phenoxy) is 2. The Kier molecular flexibility index (Phi) is 5.70. The number of amides is 3. The molecule has 4 rings (SSSR count). The minimum atomic E-state index is -1.02. The molecule has 0 aliphatic carbocycles. The van der Waals surface area contributed by atoms with Gasteiger partial charge in [0.05, 0.1) is 30.6 Å². The van der Waals surface area contributed by atoms with Crippen molar-refractivity contribution in [2.75, 3.05) is 31.0 Å². The number of halogens is 1. The van der Waals surface area contributed by atoms with Gasteiger partial charge in [0.25, 0.3) is 11.8 Å². The molecule has 0 radical (unpaired) electrons. The van der Waals surface area contributed by atoms with Gasteiger partial charge >= 0.3 is 0 Å². The molecule has 1 saturated heterocycles. The predicted molar refractivity (Wildman–Crippen MR) is 116 cm³/mol. The Bertz CT molecular complexity index is 1140. The molecule has 0 aromatic heterocycles. The standard InChI is InChI=1S/C21H20ClN5O5/c1-11-4-6-14(13(22)8-11)23-17(28)10-26-19-18(24-25-26)20(29)27(21(19)30)12-5-7-15(31-2)16(9-12)32-3/h4-9,18-19H,10H2,1-3H3,(H,23,28). The maximum atomic E-state index is 13.1. The molecule has 32 heavy (non-hydrogen) atoms. The van der Waals surface area contributed by atoms with Crippen molar-refractivity contribution in [3.05, 3.63) is 47.0 Å². The fourth-order valence-electron chi connectivity index (χ4n) is 3.63. The van der Waals surface area contributed by atoms with Gasteiger partial charge < -0.3 is 14.8 Å². The summed E-state index contributed by atoms with van der Waals surface area (Å²) in [5.41, 5.74) is 1.71. The number of methoxy groups -OCH3 is 2. The van der Waals surface area contributed by atoms with Crippen LogP contribution in [0.25, 0.3) is 0 Å². The number of carbonyl (C=O) groups excluding carboxylic acids is 3. The normalized spacial score (nSPS) is 19.4. The number of benzene rings is 2. The van der Waals surface area contributed by atoms with Crippen LogP contribution in [0.1, 0.15) is 5.56 Å². The summed E-state index contributed by atoms with van der Waals surface area (Å²) in [6.07, 6.45) is 0. The van der Waals surface area contributed by atoms with Gasteiger partial charge in [-0.15, -0.1) is 0 Å². The first-order valence-corrected chi connectivity index (χ1v) is 10.0. The van der Waals surface area contributed by atoms with Crippen LogP contribution in [0.2, 0.25) is 5.02 Å². The van der Waals surface area contributed by atoms with Crippen molar-refractivity contribution in [1.82, 2.24) is 5.01 Å². The molecule has 2 heterocycles. The molecule has 2 aromatic rings. The van der Waals surface area contributed by atoms with Crippen molar-refractivity contribution in [2.45, 2.75) is 19.0 Å². The van der Waals surface area contributed by atoms with Crippen molar-refractivity contribution in [3.8, 4) is 11.5 Å². The smallest absolute Gasteiger partial charge is 0.263 e. The third kappa shape index (κ3) is 3.73. The highest BCUT2D eigenvalue weighted by Gasteiger charge is 2.55. The second kappa shape index (κ2) is 8.46. The third-order valence-electron chi connectivity index (χ3n) is 5.19. The van der Waals surface area contributed by atoms with E-state index in [1.807, 2.05) is 13.0 Å². The number of carbonyl (C=O) groups is 3. The van der Waals surface area contributed by atoms with E-state index in [-0.39, 0.29) is 6.54 Å². The van der Waals surface area contributed by atoms with E-state index < -0.39 is 29.8 Å². The van der Waals surface area contributed by atoms with E-state index in [0.29, 0.717) is 27.9 Å². The summed E-state index contributed by atoms with van der Waals surface area (Å²) in [6.45, 7) is 1.61. The first-order valence-electron chi connectivity index (χ1n) is 9.67. The second-order valence-electron chi connectivity index (χ2n) is 7.27. The van der Waals surface area contributed by atoms with Gasteiger partial charge in [-0.3, -0.25) is 19.4 Å². The van der Waals surface area contributed by atoms with Crippen LogP contribution in [0.3, 0.4) is 0 Å². The van der Waals surface area contributed by atoms with Crippen molar-refractivity contribution >= 4 is 40.7 Å². The lowest BCUT2D eigenvalue weighted by Gasteiger charge is -2.21. The Labute approximate surface area is 188 Å². The van der Waals surface area contributed by atoms with Gasteiger partial charge in [0.15, 0.2) is 23.6 Å². The maximum Gasteiger partial charge on any atom is 0.263 e. The van der Waals surface area contributed by atoms with Gasteiger partial charge in [0.1, 0.15) is 6.54 Å². The largest absolute Gasteiger partial charge is 0.493 e. The molecular formula is C21H20ClN5O5. The van der Waals surface area contributed by atoms with Crippen LogP contribution in [-0.4, -0.2) is 55.6 Å². The summed E-state index contributed by atoms with van der Waals surface area (Å²) in [4.78, 5) is 39.6. The first-order chi connectivity index (χ1) is 15.3. The van der Waals surface area contributed by atoms with E-state index in [1.165, 1.54) is 25.3 Å². The van der Waals surface area contributed by atoms with Crippen molar-refractivity contribution in [2.24, 2.45) is 10.3 Å². The Balaban J connectivity index is 1.51. The number of nitrogens with zero attached hydrogens (tertiary/aromatic N) is 4. The maximum absolute atomic E-state index is 13.1. The van der Waals surface area contributed by atoms with E-state index in [1.54, 1.807) is 24.3 Å². The van der Waals surface area contributed by atoms with Crippen molar-refractivity contribution in [3.63, 3.8) is 0 Å². The van der Waals surface area contributed by atoms with E-state index >= 15 is 0 Å². The zero-order valence-corrected chi connectivity index (χ0v) is 18.3. The number of nitrogens with one attached hydrogen (secondary N) is 1. The number of hydrogen-bond donors (Lipinski definition) is 1. The van der Waals surface area contributed by atoms with Gasteiger partial charge in [0.2, 0.25) is 5.91 Å². The zero-order chi connectivity index (χ0) is 23.0. The average Bonchev–Trinajstić information content (AvgIpc) is 3.29. The lowest BCUT2D eigenvalue weighted by Crippen LogP contribution is -2.43. The molecule has 11 heteroatoms. The first kappa shape index (κ1) is 21.6. The molecule has 0 bridgehead atoms. The van der Waals surface area contributed by atoms with Gasteiger partial charge in [-0.2, -0.15) is 5.11 Å². The molecule has 166 valence electrons. The molecule has 1 N–H and O–H groups in total. The Morgan fingerprint density at radius 3 is 2.53 bits per heavy atom. The Hall–Kier alpha value is -3.66. The second-order valence-corrected chi connectivity index (χ2v) is 7.68. The van der Waals surface area contributed by atoms with Crippen LogP contribution in [0.5, 0.6) is 11.5 Å². The highest BCUT2D eigenvalue weighted by molar-refractivity contribution is 6.33. The van der Waals surface area contributed by atoms with Crippen LogP contribution in [-0.2, 0) is 14.4 Å². The minimum absolute atomic E-state index is 0.270.